The van der Waals surface area contributed by atoms with E-state index < -0.39 is 5.97 Å². The highest BCUT2D eigenvalue weighted by atomic mass is 32.1. The van der Waals surface area contributed by atoms with Crippen molar-refractivity contribution in [3.05, 3.63) is 40.7 Å². The Hall–Kier alpha value is -1.75. The van der Waals surface area contributed by atoms with Gasteiger partial charge in [0.05, 0.1) is 13.3 Å². The molecule has 5 heteroatoms. The summed E-state index contributed by atoms with van der Waals surface area (Å²) in [6.45, 7) is 1.87. The Morgan fingerprint density at radius 1 is 1.47 bits per heavy atom. The van der Waals surface area contributed by atoms with Gasteiger partial charge in [-0.1, -0.05) is 11.6 Å². The summed E-state index contributed by atoms with van der Waals surface area (Å²) in [5, 5.41) is 0.478. The van der Waals surface area contributed by atoms with Gasteiger partial charge in [-0.15, -0.1) is 11.3 Å². The summed E-state index contributed by atoms with van der Waals surface area (Å²) in [5.41, 5.74) is 1.35. The molecule has 2 rings (SSSR count). The lowest BCUT2D eigenvalue weighted by molar-refractivity contribution is 0.0606. The number of hydrogen-bond acceptors (Lipinski definition) is 4. The van der Waals surface area contributed by atoms with Crippen molar-refractivity contribution >= 4 is 17.3 Å². The Balaban J connectivity index is 2.43. The molecule has 0 unspecified atom stereocenters. The predicted octanol–water partition coefficient (Wildman–Crippen LogP) is 3.04. The summed E-state index contributed by atoms with van der Waals surface area (Å²) >= 11 is 1.12. The number of thiazole rings is 1. The van der Waals surface area contributed by atoms with E-state index in [9.17, 15) is 9.18 Å². The molecule has 0 radical (unpaired) electrons. The Morgan fingerprint density at radius 3 is 2.94 bits per heavy atom. The van der Waals surface area contributed by atoms with Crippen LogP contribution in [-0.4, -0.2) is 18.1 Å². The normalized spacial score (nSPS) is 10.3. The van der Waals surface area contributed by atoms with Crippen LogP contribution in [0, 0.1) is 12.7 Å². The number of halogens is 1. The van der Waals surface area contributed by atoms with Crippen LogP contribution in [0.15, 0.2) is 24.4 Å². The SMILES string of the molecule is COC(=O)c1cnc(-c2cc(C)ccc2F)s1. The van der Waals surface area contributed by atoms with Gasteiger partial charge >= 0.3 is 5.97 Å². The first-order chi connectivity index (χ1) is 8.11. The average Bonchev–Trinajstić information content (AvgIpc) is 2.80. The van der Waals surface area contributed by atoms with Gasteiger partial charge in [-0.2, -0.15) is 0 Å². The third-order valence-electron chi connectivity index (χ3n) is 2.24. The molecule has 0 spiro atoms. The molecule has 17 heavy (non-hydrogen) atoms. The van der Waals surface area contributed by atoms with E-state index in [4.69, 9.17) is 0 Å². The van der Waals surface area contributed by atoms with E-state index in [2.05, 4.69) is 9.72 Å². The first-order valence-electron chi connectivity index (χ1n) is 4.92. The maximum Gasteiger partial charge on any atom is 0.349 e. The quantitative estimate of drug-likeness (QED) is 0.770. The Bertz CT molecular complexity index is 565. The van der Waals surface area contributed by atoms with Crippen LogP contribution in [0.5, 0.6) is 0 Å². The van der Waals surface area contributed by atoms with E-state index in [1.807, 2.05) is 6.92 Å². The van der Waals surface area contributed by atoms with Crippen LogP contribution in [-0.2, 0) is 4.74 Å². The van der Waals surface area contributed by atoms with Gasteiger partial charge in [0.2, 0.25) is 0 Å². The molecule has 0 amide bonds. The molecule has 1 heterocycles. The summed E-state index contributed by atoms with van der Waals surface area (Å²) in [6.07, 6.45) is 1.40. The van der Waals surface area contributed by atoms with E-state index in [0.29, 0.717) is 15.4 Å². The maximum atomic E-state index is 13.6. The summed E-state index contributed by atoms with van der Waals surface area (Å²) in [5.74, 6) is -0.803. The lowest BCUT2D eigenvalue weighted by atomic mass is 10.1. The number of ether oxygens (including phenoxy) is 1. The lowest BCUT2D eigenvalue weighted by Gasteiger charge is -2.00. The average molecular weight is 251 g/mol. The topological polar surface area (TPSA) is 39.2 Å². The molecule has 0 aliphatic rings. The fraction of sp³-hybridized carbons (Fsp3) is 0.167. The van der Waals surface area contributed by atoms with Crippen LogP contribution in [0.25, 0.3) is 10.6 Å². The Morgan fingerprint density at radius 2 is 2.24 bits per heavy atom. The van der Waals surface area contributed by atoms with Gasteiger partial charge in [0.1, 0.15) is 15.7 Å². The van der Waals surface area contributed by atoms with E-state index in [-0.39, 0.29) is 5.82 Å². The number of benzene rings is 1. The van der Waals surface area contributed by atoms with Crippen LogP contribution >= 0.6 is 11.3 Å². The van der Waals surface area contributed by atoms with E-state index in [1.165, 1.54) is 19.4 Å². The molecule has 0 saturated heterocycles. The number of nitrogens with zero attached hydrogens (tertiary/aromatic N) is 1. The van der Waals surface area contributed by atoms with Crippen molar-refractivity contribution in [1.82, 2.24) is 4.98 Å². The smallest absolute Gasteiger partial charge is 0.349 e. The summed E-state index contributed by atoms with van der Waals surface area (Å²) in [7, 11) is 1.30. The first-order valence-corrected chi connectivity index (χ1v) is 5.74. The number of hydrogen-bond donors (Lipinski definition) is 0. The predicted molar refractivity (Wildman–Crippen MR) is 63.6 cm³/mol. The molecule has 1 aromatic carbocycles. The molecule has 3 nitrogen and oxygen atoms in total. The van der Waals surface area contributed by atoms with E-state index in [0.717, 1.165) is 16.9 Å². The Labute approximate surface area is 102 Å². The van der Waals surface area contributed by atoms with Crippen LogP contribution in [0.1, 0.15) is 15.2 Å². The van der Waals surface area contributed by atoms with Crippen molar-refractivity contribution < 1.29 is 13.9 Å². The lowest BCUT2D eigenvalue weighted by Crippen LogP contribution is -1.96. The molecule has 0 fully saturated rings. The van der Waals surface area contributed by atoms with Crippen molar-refractivity contribution in [3.8, 4) is 10.6 Å². The number of methoxy groups -OCH3 is 1. The third kappa shape index (κ3) is 2.34. The first kappa shape index (κ1) is 11.7. The number of aryl methyl sites for hydroxylation is 1. The fourth-order valence-corrected chi connectivity index (χ4v) is 2.25. The summed E-state index contributed by atoms with van der Waals surface area (Å²) in [6, 6.07) is 4.78. The molecule has 0 saturated carbocycles. The molecule has 0 aliphatic carbocycles. The van der Waals surface area contributed by atoms with Gasteiger partial charge in [-0.25, -0.2) is 14.2 Å². The highest BCUT2D eigenvalue weighted by molar-refractivity contribution is 7.16. The third-order valence-corrected chi connectivity index (χ3v) is 3.26. The fourth-order valence-electron chi connectivity index (χ4n) is 1.40. The zero-order valence-electron chi connectivity index (χ0n) is 9.36. The number of esters is 1. The van der Waals surface area contributed by atoms with Crippen molar-refractivity contribution in [2.45, 2.75) is 6.92 Å². The second kappa shape index (κ2) is 4.63. The van der Waals surface area contributed by atoms with Gasteiger partial charge in [0.15, 0.2) is 0 Å². The van der Waals surface area contributed by atoms with Crippen molar-refractivity contribution in [2.75, 3.05) is 7.11 Å². The van der Waals surface area contributed by atoms with Crippen molar-refractivity contribution in [2.24, 2.45) is 0 Å². The van der Waals surface area contributed by atoms with Crippen molar-refractivity contribution in [1.29, 1.82) is 0 Å². The minimum Gasteiger partial charge on any atom is -0.465 e. The zero-order valence-corrected chi connectivity index (χ0v) is 10.2. The highest BCUT2D eigenvalue weighted by Crippen LogP contribution is 2.28. The van der Waals surface area contributed by atoms with Gasteiger partial charge in [0, 0.05) is 5.56 Å². The van der Waals surface area contributed by atoms with Crippen LogP contribution in [0.3, 0.4) is 0 Å². The van der Waals surface area contributed by atoms with Crippen molar-refractivity contribution in [3.63, 3.8) is 0 Å². The zero-order chi connectivity index (χ0) is 12.4. The molecule has 0 aliphatic heterocycles. The second-order valence-electron chi connectivity index (χ2n) is 3.50. The number of rotatable bonds is 2. The molecule has 0 N–H and O–H groups in total. The highest BCUT2D eigenvalue weighted by Gasteiger charge is 2.14. The van der Waals surface area contributed by atoms with E-state index >= 15 is 0 Å². The van der Waals surface area contributed by atoms with Crippen LogP contribution in [0.4, 0.5) is 4.39 Å². The molecule has 1 aromatic heterocycles. The van der Waals surface area contributed by atoms with Gasteiger partial charge < -0.3 is 4.74 Å². The molecule has 0 bridgehead atoms. The van der Waals surface area contributed by atoms with Gasteiger partial charge in [0.25, 0.3) is 0 Å². The Kier molecular flexibility index (Phi) is 3.19. The summed E-state index contributed by atoms with van der Waals surface area (Å²) in [4.78, 5) is 15.7. The second-order valence-corrected chi connectivity index (χ2v) is 4.54. The number of aromatic nitrogens is 1. The summed E-state index contributed by atoms with van der Waals surface area (Å²) < 4.78 is 18.2. The minimum atomic E-state index is -0.457. The van der Waals surface area contributed by atoms with Gasteiger partial charge in [-0.05, 0) is 19.1 Å². The standard InChI is InChI=1S/C12H10FNO2S/c1-7-3-4-9(13)8(5-7)11-14-6-10(17-11)12(15)16-2/h3-6H,1-2H3. The number of carbonyl (C=O) groups excluding carboxylic acids is 1. The molecule has 2 aromatic rings. The molecule has 0 atom stereocenters. The van der Waals surface area contributed by atoms with Crippen LogP contribution < -0.4 is 0 Å². The van der Waals surface area contributed by atoms with E-state index in [1.54, 1.807) is 12.1 Å². The minimum absolute atomic E-state index is 0.346. The molecular weight excluding hydrogens is 241 g/mol. The number of carbonyl (C=O) groups is 1. The maximum absolute atomic E-state index is 13.6. The molecule has 88 valence electrons. The molecular formula is C12H10FNO2S. The monoisotopic (exact) mass is 251 g/mol. The van der Waals surface area contributed by atoms with Gasteiger partial charge in [-0.3, -0.25) is 0 Å². The largest absolute Gasteiger partial charge is 0.465 e. The van der Waals surface area contributed by atoms with Crippen LogP contribution in [0.2, 0.25) is 0 Å².